The number of carbonyl (C=O) groups is 3. The first kappa shape index (κ1) is 20.8. The monoisotopic (exact) mass is 375 g/mol. The number of nitrogens with two attached hydrogens (primary N) is 1. The van der Waals surface area contributed by atoms with Gasteiger partial charge in [0.2, 0.25) is 5.91 Å². The zero-order valence-corrected chi connectivity index (χ0v) is 15.1. The Hall–Kier alpha value is -2.55. The molecular weight excluding hydrogens is 350 g/mol. The van der Waals surface area contributed by atoms with Gasteiger partial charge in [0.1, 0.15) is 0 Å². The highest BCUT2D eigenvalue weighted by Gasteiger charge is 2.22. The summed E-state index contributed by atoms with van der Waals surface area (Å²) in [5.74, 6) is -0.852. The molecule has 0 aliphatic carbocycles. The molecule has 2 rings (SSSR count). The van der Waals surface area contributed by atoms with Gasteiger partial charge in [0, 0.05) is 18.7 Å². The van der Waals surface area contributed by atoms with E-state index in [1.807, 2.05) is 30.3 Å². The summed E-state index contributed by atoms with van der Waals surface area (Å²) in [5, 5.41) is 2.73. The zero-order valence-electron chi connectivity index (χ0n) is 15.1. The van der Waals surface area contributed by atoms with E-state index in [9.17, 15) is 14.4 Å². The number of rotatable bonds is 12. The van der Waals surface area contributed by atoms with Crippen molar-refractivity contribution in [3.05, 3.63) is 48.0 Å². The summed E-state index contributed by atoms with van der Waals surface area (Å²) in [4.78, 5) is 35.7. The SMILES string of the molecule is N[C@@H](Cc1ccccc1)C(=O)NCCOCCOCCN1C(=O)C=CC1=O. The lowest BCUT2D eigenvalue weighted by molar-refractivity contribution is -0.137. The van der Waals surface area contributed by atoms with Gasteiger partial charge in [-0.25, -0.2) is 0 Å². The molecule has 27 heavy (non-hydrogen) atoms. The minimum atomic E-state index is -0.596. The third kappa shape index (κ3) is 7.30. The van der Waals surface area contributed by atoms with E-state index in [0.717, 1.165) is 10.5 Å². The highest BCUT2D eigenvalue weighted by molar-refractivity contribution is 6.12. The second kappa shape index (κ2) is 11.2. The largest absolute Gasteiger partial charge is 0.377 e. The van der Waals surface area contributed by atoms with Gasteiger partial charge in [0.05, 0.1) is 39.0 Å². The molecule has 1 atom stereocenters. The summed E-state index contributed by atoms with van der Waals surface area (Å²) >= 11 is 0. The van der Waals surface area contributed by atoms with Gasteiger partial charge in [-0.1, -0.05) is 30.3 Å². The first-order valence-electron chi connectivity index (χ1n) is 8.84. The van der Waals surface area contributed by atoms with E-state index in [1.54, 1.807) is 0 Å². The van der Waals surface area contributed by atoms with Gasteiger partial charge in [-0.2, -0.15) is 0 Å². The number of benzene rings is 1. The fourth-order valence-corrected chi connectivity index (χ4v) is 2.47. The summed E-state index contributed by atoms with van der Waals surface area (Å²) in [6.07, 6.45) is 2.97. The lowest BCUT2D eigenvalue weighted by Gasteiger charge is -2.14. The quantitative estimate of drug-likeness (QED) is 0.381. The van der Waals surface area contributed by atoms with Crippen LogP contribution >= 0.6 is 0 Å². The summed E-state index contributed by atoms with van der Waals surface area (Å²) in [5.41, 5.74) is 6.90. The Kier molecular flexibility index (Phi) is 8.63. The number of nitrogens with zero attached hydrogens (tertiary/aromatic N) is 1. The van der Waals surface area contributed by atoms with Crippen molar-refractivity contribution in [1.29, 1.82) is 0 Å². The van der Waals surface area contributed by atoms with Crippen LogP contribution in [0.5, 0.6) is 0 Å². The van der Waals surface area contributed by atoms with Crippen LogP contribution in [0.15, 0.2) is 42.5 Å². The molecule has 3 N–H and O–H groups in total. The van der Waals surface area contributed by atoms with Crippen LogP contribution in [0.4, 0.5) is 0 Å². The number of imide groups is 1. The Morgan fingerprint density at radius 2 is 1.63 bits per heavy atom. The molecule has 1 aromatic carbocycles. The molecule has 0 bridgehead atoms. The summed E-state index contributed by atoms with van der Waals surface area (Å²) in [7, 11) is 0. The molecule has 0 unspecified atom stereocenters. The lowest BCUT2D eigenvalue weighted by atomic mass is 10.1. The van der Waals surface area contributed by atoms with Gasteiger partial charge in [0.15, 0.2) is 0 Å². The molecule has 3 amide bonds. The molecule has 146 valence electrons. The van der Waals surface area contributed by atoms with Crippen molar-refractivity contribution in [3.8, 4) is 0 Å². The minimum absolute atomic E-state index is 0.215. The topological polar surface area (TPSA) is 111 Å². The number of nitrogens with one attached hydrogen (secondary N) is 1. The average molecular weight is 375 g/mol. The molecule has 8 heteroatoms. The van der Waals surface area contributed by atoms with Crippen LogP contribution < -0.4 is 11.1 Å². The van der Waals surface area contributed by atoms with Gasteiger partial charge in [-0.05, 0) is 12.0 Å². The van der Waals surface area contributed by atoms with Crippen molar-refractivity contribution in [2.45, 2.75) is 12.5 Å². The van der Waals surface area contributed by atoms with Crippen LogP contribution in [0.25, 0.3) is 0 Å². The molecule has 0 spiro atoms. The number of hydrogen-bond donors (Lipinski definition) is 2. The highest BCUT2D eigenvalue weighted by atomic mass is 16.5. The maximum Gasteiger partial charge on any atom is 0.253 e. The molecule has 0 radical (unpaired) electrons. The predicted molar refractivity (Wildman–Crippen MR) is 98.6 cm³/mol. The second-order valence-electron chi connectivity index (χ2n) is 5.97. The Morgan fingerprint density at radius 3 is 2.30 bits per heavy atom. The zero-order chi connectivity index (χ0) is 19.5. The smallest absolute Gasteiger partial charge is 0.253 e. The fraction of sp³-hybridized carbons (Fsp3) is 0.421. The molecule has 0 fully saturated rings. The van der Waals surface area contributed by atoms with E-state index in [0.29, 0.717) is 32.8 Å². The molecule has 1 aromatic rings. The minimum Gasteiger partial charge on any atom is -0.377 e. The second-order valence-corrected chi connectivity index (χ2v) is 5.97. The van der Waals surface area contributed by atoms with Crippen LogP contribution in [0.3, 0.4) is 0 Å². The molecule has 1 aliphatic rings. The summed E-state index contributed by atoms with van der Waals surface area (Å²) in [6, 6.07) is 9.01. The molecule has 0 saturated heterocycles. The van der Waals surface area contributed by atoms with Crippen LogP contribution in [-0.2, 0) is 30.3 Å². The van der Waals surface area contributed by atoms with Gasteiger partial charge in [-0.3, -0.25) is 19.3 Å². The Labute approximate surface area is 158 Å². The molecule has 8 nitrogen and oxygen atoms in total. The van der Waals surface area contributed by atoms with Crippen LogP contribution in [-0.4, -0.2) is 68.2 Å². The first-order valence-corrected chi connectivity index (χ1v) is 8.84. The van der Waals surface area contributed by atoms with Gasteiger partial charge >= 0.3 is 0 Å². The average Bonchev–Trinajstić information content (AvgIpc) is 2.99. The molecule has 1 heterocycles. The van der Waals surface area contributed by atoms with E-state index in [-0.39, 0.29) is 30.9 Å². The van der Waals surface area contributed by atoms with E-state index in [4.69, 9.17) is 15.2 Å². The third-order valence-corrected chi connectivity index (χ3v) is 3.91. The van der Waals surface area contributed by atoms with Crippen molar-refractivity contribution in [2.24, 2.45) is 5.73 Å². The van der Waals surface area contributed by atoms with Crippen LogP contribution in [0.1, 0.15) is 5.56 Å². The highest BCUT2D eigenvalue weighted by Crippen LogP contribution is 2.03. The number of amides is 3. The van der Waals surface area contributed by atoms with Gasteiger partial charge in [0.25, 0.3) is 11.8 Å². The van der Waals surface area contributed by atoms with Crippen molar-refractivity contribution in [1.82, 2.24) is 10.2 Å². The van der Waals surface area contributed by atoms with Crippen molar-refractivity contribution < 1.29 is 23.9 Å². The van der Waals surface area contributed by atoms with Crippen molar-refractivity contribution in [2.75, 3.05) is 39.5 Å². The number of hydrogen-bond acceptors (Lipinski definition) is 6. The van der Waals surface area contributed by atoms with Crippen molar-refractivity contribution >= 4 is 17.7 Å². The van der Waals surface area contributed by atoms with Crippen molar-refractivity contribution in [3.63, 3.8) is 0 Å². The number of ether oxygens (including phenoxy) is 2. The molecule has 0 aromatic heterocycles. The Bertz CT molecular complexity index is 645. The third-order valence-electron chi connectivity index (χ3n) is 3.91. The molecule has 1 aliphatic heterocycles. The Balaban J connectivity index is 1.44. The van der Waals surface area contributed by atoms with E-state index in [2.05, 4.69) is 5.32 Å². The first-order chi connectivity index (χ1) is 13.1. The van der Waals surface area contributed by atoms with E-state index >= 15 is 0 Å². The fourth-order valence-electron chi connectivity index (χ4n) is 2.47. The van der Waals surface area contributed by atoms with E-state index in [1.165, 1.54) is 12.2 Å². The van der Waals surface area contributed by atoms with Gasteiger partial charge in [-0.15, -0.1) is 0 Å². The van der Waals surface area contributed by atoms with E-state index < -0.39 is 6.04 Å². The maximum atomic E-state index is 11.9. The lowest BCUT2D eigenvalue weighted by Crippen LogP contribution is -2.43. The maximum absolute atomic E-state index is 11.9. The Morgan fingerprint density at radius 1 is 1.00 bits per heavy atom. The van der Waals surface area contributed by atoms with Gasteiger partial charge < -0.3 is 20.5 Å². The summed E-state index contributed by atoms with van der Waals surface area (Å²) < 4.78 is 10.7. The summed E-state index contributed by atoms with van der Waals surface area (Å²) in [6.45, 7) is 1.88. The molecular formula is C19H25N3O5. The standard InChI is InChI=1S/C19H25N3O5/c20-16(14-15-4-2-1-3-5-15)19(25)21-8-10-26-12-13-27-11-9-22-17(23)6-7-18(22)24/h1-7,16H,8-14,20H2,(H,21,25)/t16-/m0/s1. The van der Waals surface area contributed by atoms with Crippen LogP contribution in [0.2, 0.25) is 0 Å². The predicted octanol–water partition coefficient (Wildman–Crippen LogP) is -0.369. The number of carbonyl (C=O) groups excluding carboxylic acids is 3. The van der Waals surface area contributed by atoms with Crippen LogP contribution in [0, 0.1) is 0 Å². The molecule has 0 saturated carbocycles. The normalized spacial score (nSPS) is 14.6.